The Hall–Kier alpha value is -1.91. The van der Waals surface area contributed by atoms with Crippen molar-refractivity contribution in [1.29, 1.82) is 0 Å². The van der Waals surface area contributed by atoms with Crippen LogP contribution < -0.4 is 20.1 Å². The molecule has 130 valence electrons. The minimum atomic E-state index is -0.148. The van der Waals surface area contributed by atoms with Crippen molar-refractivity contribution in [3.8, 4) is 11.5 Å². The smallest absolute Gasteiger partial charge is 0.315 e. The zero-order valence-electron chi connectivity index (χ0n) is 14.8. The Balaban J connectivity index is 2.47. The highest BCUT2D eigenvalue weighted by Crippen LogP contribution is 2.30. The van der Waals surface area contributed by atoms with Gasteiger partial charge in [-0.15, -0.1) is 0 Å². The van der Waals surface area contributed by atoms with Crippen molar-refractivity contribution in [3.05, 3.63) is 23.8 Å². The van der Waals surface area contributed by atoms with Crippen molar-refractivity contribution < 1.29 is 14.3 Å². The average Bonchev–Trinajstić information content (AvgIpc) is 2.59. The lowest BCUT2D eigenvalue weighted by Gasteiger charge is -2.16. The van der Waals surface area contributed by atoms with E-state index in [9.17, 15) is 4.79 Å². The molecular weight excluding hydrogens is 292 g/mol. The maximum Gasteiger partial charge on any atom is 0.315 e. The van der Waals surface area contributed by atoms with E-state index in [1.807, 2.05) is 18.2 Å². The fraction of sp³-hybridized carbons (Fsp3) is 0.611. The highest BCUT2D eigenvalue weighted by Gasteiger charge is 2.11. The van der Waals surface area contributed by atoms with Gasteiger partial charge in [0.1, 0.15) is 0 Å². The summed E-state index contributed by atoms with van der Waals surface area (Å²) in [7, 11) is 3.20. The molecule has 5 heteroatoms. The van der Waals surface area contributed by atoms with Gasteiger partial charge in [0.15, 0.2) is 11.5 Å². The number of ether oxygens (including phenoxy) is 2. The maximum atomic E-state index is 12.0. The van der Waals surface area contributed by atoms with Crippen molar-refractivity contribution in [2.75, 3.05) is 20.8 Å². The van der Waals surface area contributed by atoms with Crippen LogP contribution in [-0.2, 0) is 6.54 Å². The van der Waals surface area contributed by atoms with Gasteiger partial charge < -0.3 is 20.1 Å². The van der Waals surface area contributed by atoms with Gasteiger partial charge in [0, 0.05) is 18.7 Å². The Kier molecular flexibility index (Phi) is 8.95. The van der Waals surface area contributed by atoms with Gasteiger partial charge in [-0.2, -0.15) is 0 Å². The molecule has 1 rings (SSSR count). The Morgan fingerprint density at radius 2 is 1.96 bits per heavy atom. The van der Waals surface area contributed by atoms with Crippen LogP contribution in [0.5, 0.6) is 11.5 Å². The minimum Gasteiger partial charge on any atom is -0.493 e. The third-order valence-electron chi connectivity index (χ3n) is 4.02. The van der Waals surface area contributed by atoms with Crippen molar-refractivity contribution in [2.45, 2.75) is 46.1 Å². The zero-order valence-corrected chi connectivity index (χ0v) is 14.8. The number of methoxy groups -OCH3 is 2. The molecule has 0 heterocycles. The van der Waals surface area contributed by atoms with Crippen LogP contribution >= 0.6 is 0 Å². The number of carbonyl (C=O) groups excluding carboxylic acids is 1. The average molecular weight is 322 g/mol. The molecule has 0 radical (unpaired) electrons. The summed E-state index contributed by atoms with van der Waals surface area (Å²) >= 11 is 0. The number of nitrogens with one attached hydrogen (secondary N) is 2. The van der Waals surface area contributed by atoms with E-state index in [4.69, 9.17) is 9.47 Å². The standard InChI is InChI=1S/C18H30N2O3/c1-5-7-9-14(6-2)12-19-18(21)20-13-15-10-8-11-16(22-3)17(15)23-4/h8,10-11,14H,5-7,9,12-13H2,1-4H3,(H2,19,20,21). The molecule has 2 amide bonds. The summed E-state index contributed by atoms with van der Waals surface area (Å²) in [4.78, 5) is 12.0. The Bertz CT molecular complexity index is 477. The highest BCUT2D eigenvalue weighted by atomic mass is 16.5. The second kappa shape index (κ2) is 10.8. The normalized spacial score (nSPS) is 11.7. The van der Waals surface area contributed by atoms with E-state index >= 15 is 0 Å². The summed E-state index contributed by atoms with van der Waals surface area (Å²) in [6.07, 6.45) is 4.65. The van der Waals surface area contributed by atoms with Crippen LogP contribution in [0.2, 0.25) is 0 Å². The number of rotatable bonds is 10. The molecule has 23 heavy (non-hydrogen) atoms. The first-order valence-electron chi connectivity index (χ1n) is 8.37. The van der Waals surface area contributed by atoms with E-state index in [0.29, 0.717) is 24.0 Å². The summed E-state index contributed by atoms with van der Waals surface area (Å²) in [5, 5.41) is 5.83. The highest BCUT2D eigenvalue weighted by molar-refractivity contribution is 5.74. The van der Waals surface area contributed by atoms with Gasteiger partial charge in [-0.05, 0) is 18.4 Å². The van der Waals surface area contributed by atoms with Gasteiger partial charge >= 0.3 is 6.03 Å². The Morgan fingerprint density at radius 3 is 2.57 bits per heavy atom. The van der Waals surface area contributed by atoms with E-state index in [-0.39, 0.29) is 6.03 Å². The van der Waals surface area contributed by atoms with Crippen LogP contribution in [0.15, 0.2) is 18.2 Å². The zero-order chi connectivity index (χ0) is 17.1. The lowest BCUT2D eigenvalue weighted by atomic mass is 9.99. The van der Waals surface area contributed by atoms with E-state index in [2.05, 4.69) is 24.5 Å². The molecule has 0 aliphatic heterocycles. The SMILES string of the molecule is CCCCC(CC)CNC(=O)NCc1cccc(OC)c1OC. The lowest BCUT2D eigenvalue weighted by molar-refractivity contribution is 0.237. The van der Waals surface area contributed by atoms with Crippen LogP contribution in [-0.4, -0.2) is 26.8 Å². The fourth-order valence-corrected chi connectivity index (χ4v) is 2.51. The van der Waals surface area contributed by atoms with Gasteiger partial charge in [-0.1, -0.05) is 45.2 Å². The molecule has 5 nitrogen and oxygen atoms in total. The molecule has 0 saturated heterocycles. The summed E-state index contributed by atoms with van der Waals surface area (Å²) in [6.45, 7) is 5.48. The first-order chi connectivity index (χ1) is 11.2. The number of urea groups is 1. The molecule has 0 aliphatic carbocycles. The van der Waals surface area contributed by atoms with E-state index in [0.717, 1.165) is 24.9 Å². The van der Waals surface area contributed by atoms with Gasteiger partial charge in [-0.25, -0.2) is 4.79 Å². The topological polar surface area (TPSA) is 59.6 Å². The maximum absolute atomic E-state index is 12.0. The summed E-state index contributed by atoms with van der Waals surface area (Å²) in [6, 6.07) is 5.48. The van der Waals surface area contributed by atoms with Crippen LogP contribution in [0.3, 0.4) is 0 Å². The molecule has 0 fully saturated rings. The van der Waals surface area contributed by atoms with Crippen molar-refractivity contribution in [1.82, 2.24) is 10.6 Å². The molecule has 1 unspecified atom stereocenters. The van der Waals surface area contributed by atoms with Crippen LogP contribution in [0.25, 0.3) is 0 Å². The summed E-state index contributed by atoms with van der Waals surface area (Å²) < 4.78 is 10.6. The van der Waals surface area contributed by atoms with Crippen LogP contribution in [0, 0.1) is 5.92 Å². The molecule has 0 bridgehead atoms. The molecule has 0 aliphatic rings. The first kappa shape index (κ1) is 19.1. The first-order valence-corrected chi connectivity index (χ1v) is 8.37. The molecule has 1 aromatic rings. The molecule has 0 aromatic heterocycles. The Labute approximate surface area is 139 Å². The second-order valence-electron chi connectivity index (χ2n) is 5.63. The number of hydrogen-bond donors (Lipinski definition) is 2. The minimum absolute atomic E-state index is 0.148. The van der Waals surface area contributed by atoms with Gasteiger partial charge in [0.05, 0.1) is 14.2 Å². The number of unbranched alkanes of at least 4 members (excludes halogenated alkanes) is 1. The number of hydrogen-bond acceptors (Lipinski definition) is 3. The third-order valence-corrected chi connectivity index (χ3v) is 4.02. The monoisotopic (exact) mass is 322 g/mol. The van der Waals surface area contributed by atoms with Crippen LogP contribution in [0.4, 0.5) is 4.79 Å². The lowest BCUT2D eigenvalue weighted by Crippen LogP contribution is -2.37. The summed E-state index contributed by atoms with van der Waals surface area (Å²) in [5.41, 5.74) is 0.889. The number of benzene rings is 1. The predicted molar refractivity (Wildman–Crippen MR) is 93.1 cm³/mol. The Morgan fingerprint density at radius 1 is 1.17 bits per heavy atom. The van der Waals surface area contributed by atoms with Gasteiger partial charge in [0.25, 0.3) is 0 Å². The summed E-state index contributed by atoms with van der Waals surface area (Å²) in [5.74, 6) is 1.87. The van der Waals surface area contributed by atoms with E-state index in [1.165, 1.54) is 12.8 Å². The molecular formula is C18H30N2O3. The molecule has 1 aromatic carbocycles. The van der Waals surface area contributed by atoms with Gasteiger partial charge in [-0.3, -0.25) is 0 Å². The van der Waals surface area contributed by atoms with Crippen LogP contribution in [0.1, 0.15) is 45.1 Å². The number of para-hydroxylation sites is 1. The van der Waals surface area contributed by atoms with Gasteiger partial charge in [0.2, 0.25) is 0 Å². The largest absolute Gasteiger partial charge is 0.493 e. The van der Waals surface area contributed by atoms with E-state index in [1.54, 1.807) is 14.2 Å². The van der Waals surface area contributed by atoms with Crippen molar-refractivity contribution >= 4 is 6.03 Å². The predicted octanol–water partition coefficient (Wildman–Crippen LogP) is 3.72. The van der Waals surface area contributed by atoms with Crippen molar-refractivity contribution in [3.63, 3.8) is 0 Å². The third kappa shape index (κ3) is 6.38. The fourth-order valence-electron chi connectivity index (χ4n) is 2.51. The van der Waals surface area contributed by atoms with Crippen molar-refractivity contribution in [2.24, 2.45) is 5.92 Å². The molecule has 2 N–H and O–H groups in total. The molecule has 0 saturated carbocycles. The second-order valence-corrected chi connectivity index (χ2v) is 5.63. The quantitative estimate of drug-likeness (QED) is 0.690. The van der Waals surface area contributed by atoms with E-state index < -0.39 is 0 Å². The number of carbonyl (C=O) groups is 1. The number of amides is 2. The molecule has 1 atom stereocenters. The molecule has 0 spiro atoms.